The van der Waals surface area contributed by atoms with Gasteiger partial charge in [0.2, 0.25) is 0 Å². The minimum atomic E-state index is -0.473. The molecule has 0 aromatic carbocycles. The molecule has 1 saturated heterocycles. The molecule has 108 valence electrons. The number of thiol groups is 1. The number of hydrogen-bond donors (Lipinski definition) is 3. The predicted molar refractivity (Wildman–Crippen MR) is 74.3 cm³/mol. The molecule has 0 saturated carbocycles. The fraction of sp³-hybridized carbons (Fsp3) is 0.545. The third-order valence-corrected chi connectivity index (χ3v) is 4.05. The monoisotopic (exact) mass is 297 g/mol. The third kappa shape index (κ3) is 1.94. The van der Waals surface area contributed by atoms with Crippen LogP contribution in [0, 0.1) is 0 Å². The lowest BCUT2D eigenvalue weighted by molar-refractivity contribution is -0.0583. The number of rotatable bonds is 3. The highest BCUT2D eigenvalue weighted by Gasteiger charge is 2.44. The number of hydrogen-bond acceptors (Lipinski definition) is 8. The summed E-state index contributed by atoms with van der Waals surface area (Å²) in [5.74, 6) is 0.307. The first-order chi connectivity index (χ1) is 9.67. The lowest BCUT2D eigenvalue weighted by atomic mass is 10.2. The van der Waals surface area contributed by atoms with Crippen molar-refractivity contribution in [3.8, 4) is 0 Å². The van der Waals surface area contributed by atoms with Crippen LogP contribution in [0.3, 0.4) is 0 Å². The van der Waals surface area contributed by atoms with Crippen molar-refractivity contribution < 1.29 is 14.6 Å². The van der Waals surface area contributed by atoms with Crippen LogP contribution in [0.2, 0.25) is 0 Å². The molecule has 9 heteroatoms. The Morgan fingerprint density at radius 3 is 3.00 bits per heavy atom. The molecule has 4 atom stereocenters. The van der Waals surface area contributed by atoms with Crippen LogP contribution >= 0.6 is 12.6 Å². The van der Waals surface area contributed by atoms with Gasteiger partial charge in [0.1, 0.15) is 17.9 Å². The van der Waals surface area contributed by atoms with Crippen molar-refractivity contribution in [1.29, 1.82) is 0 Å². The molecule has 2 aromatic rings. The van der Waals surface area contributed by atoms with Crippen LogP contribution in [0.25, 0.3) is 11.2 Å². The minimum absolute atomic E-state index is 0.131. The van der Waals surface area contributed by atoms with Crippen molar-refractivity contribution in [1.82, 2.24) is 19.5 Å². The number of nitrogens with two attached hydrogens (primary N) is 1. The van der Waals surface area contributed by atoms with Gasteiger partial charge in [-0.1, -0.05) is 0 Å². The SMILES string of the molecule is COC1C(S)[C@@H](CO)O[C@H]1n1cnc2c(N)ncnc21. The van der Waals surface area contributed by atoms with Crippen molar-refractivity contribution in [3.05, 3.63) is 12.7 Å². The van der Waals surface area contributed by atoms with Gasteiger partial charge in [0.25, 0.3) is 0 Å². The number of aliphatic hydroxyl groups is 1. The molecule has 1 fully saturated rings. The van der Waals surface area contributed by atoms with Gasteiger partial charge in [-0.25, -0.2) is 15.0 Å². The van der Waals surface area contributed by atoms with Crippen LogP contribution in [0.5, 0.6) is 0 Å². The Balaban J connectivity index is 2.04. The van der Waals surface area contributed by atoms with E-state index in [0.29, 0.717) is 17.0 Å². The van der Waals surface area contributed by atoms with Gasteiger partial charge in [-0.2, -0.15) is 12.6 Å². The zero-order valence-electron chi connectivity index (χ0n) is 10.7. The molecule has 1 aliphatic rings. The Hall–Kier alpha value is -1.42. The maximum atomic E-state index is 9.32. The van der Waals surface area contributed by atoms with E-state index < -0.39 is 12.3 Å². The van der Waals surface area contributed by atoms with Gasteiger partial charge in [-0.3, -0.25) is 4.57 Å². The molecule has 1 aliphatic heterocycles. The van der Waals surface area contributed by atoms with Crippen molar-refractivity contribution in [2.75, 3.05) is 19.5 Å². The molecule has 2 aromatic heterocycles. The average Bonchev–Trinajstić information content (AvgIpc) is 3.00. The van der Waals surface area contributed by atoms with E-state index in [1.807, 2.05) is 0 Å². The highest BCUT2D eigenvalue weighted by molar-refractivity contribution is 7.81. The number of methoxy groups -OCH3 is 1. The molecule has 0 bridgehead atoms. The highest BCUT2D eigenvalue weighted by atomic mass is 32.1. The second-order valence-electron chi connectivity index (χ2n) is 4.52. The first kappa shape index (κ1) is 13.6. The molecule has 2 unspecified atom stereocenters. The summed E-state index contributed by atoms with van der Waals surface area (Å²) >= 11 is 4.45. The summed E-state index contributed by atoms with van der Waals surface area (Å²) < 4.78 is 12.9. The molecule has 3 N–H and O–H groups in total. The average molecular weight is 297 g/mol. The maximum Gasteiger partial charge on any atom is 0.167 e. The predicted octanol–water partition coefficient (Wildman–Crippen LogP) is -0.388. The number of nitrogen functional groups attached to an aromatic ring is 1. The van der Waals surface area contributed by atoms with Gasteiger partial charge in [-0.15, -0.1) is 0 Å². The molecule has 8 nitrogen and oxygen atoms in total. The van der Waals surface area contributed by atoms with E-state index in [0.717, 1.165) is 0 Å². The van der Waals surface area contributed by atoms with Gasteiger partial charge in [0.05, 0.1) is 24.3 Å². The third-order valence-electron chi connectivity index (χ3n) is 3.43. The molecule has 0 aliphatic carbocycles. The number of imidazole rings is 1. The first-order valence-corrected chi connectivity index (χ1v) is 6.59. The van der Waals surface area contributed by atoms with Crippen LogP contribution in [-0.4, -0.2) is 55.8 Å². The zero-order chi connectivity index (χ0) is 14.3. The normalized spacial score (nSPS) is 30.1. The number of anilines is 1. The highest BCUT2D eigenvalue weighted by Crippen LogP contribution is 2.35. The van der Waals surface area contributed by atoms with Crippen molar-refractivity contribution in [3.63, 3.8) is 0 Å². The summed E-state index contributed by atoms with van der Waals surface area (Å²) in [6.45, 7) is -0.131. The van der Waals surface area contributed by atoms with E-state index in [1.54, 1.807) is 18.0 Å². The number of ether oxygens (including phenoxy) is 2. The zero-order valence-corrected chi connectivity index (χ0v) is 11.6. The molecule has 20 heavy (non-hydrogen) atoms. The lowest BCUT2D eigenvalue weighted by Gasteiger charge is -2.20. The smallest absolute Gasteiger partial charge is 0.167 e. The molecule has 0 spiro atoms. The number of aliphatic hydroxyl groups excluding tert-OH is 1. The van der Waals surface area contributed by atoms with Gasteiger partial charge in [0, 0.05) is 7.11 Å². The van der Waals surface area contributed by atoms with Crippen LogP contribution in [-0.2, 0) is 9.47 Å². The second-order valence-corrected chi connectivity index (χ2v) is 5.12. The second kappa shape index (κ2) is 5.17. The van der Waals surface area contributed by atoms with E-state index >= 15 is 0 Å². The molecule has 3 heterocycles. The summed E-state index contributed by atoms with van der Waals surface area (Å²) in [5, 5.41) is 9.08. The number of fused-ring (bicyclic) bond motifs is 1. The summed E-state index contributed by atoms with van der Waals surface area (Å²) in [6, 6.07) is 0. The van der Waals surface area contributed by atoms with Gasteiger partial charge < -0.3 is 20.3 Å². The number of nitrogens with zero attached hydrogens (tertiary/aromatic N) is 4. The van der Waals surface area contributed by atoms with Gasteiger partial charge in [0.15, 0.2) is 17.7 Å². The fourth-order valence-electron chi connectivity index (χ4n) is 2.40. The summed E-state index contributed by atoms with van der Waals surface area (Å²) in [6.07, 6.45) is 1.73. The fourth-order valence-corrected chi connectivity index (χ4v) is 2.84. The van der Waals surface area contributed by atoms with Gasteiger partial charge in [-0.05, 0) is 0 Å². The Kier molecular flexibility index (Phi) is 3.50. The van der Waals surface area contributed by atoms with Crippen LogP contribution in [0.4, 0.5) is 5.82 Å². The molecule has 0 radical (unpaired) electrons. The topological polar surface area (TPSA) is 108 Å². The Morgan fingerprint density at radius 2 is 2.30 bits per heavy atom. The van der Waals surface area contributed by atoms with E-state index in [-0.39, 0.29) is 18.0 Å². The number of aromatic nitrogens is 4. The van der Waals surface area contributed by atoms with Crippen LogP contribution < -0.4 is 5.73 Å². The Morgan fingerprint density at radius 1 is 1.50 bits per heavy atom. The standard InChI is InChI=1S/C11H15N5O3S/c1-18-7-8(20)5(2-17)19-11(7)16-4-15-6-9(12)13-3-14-10(6)16/h3-5,7-8,11,17,20H,2H2,1H3,(H2,12,13,14)/t5-,7?,8?,11-/m1/s1. The van der Waals surface area contributed by atoms with E-state index in [4.69, 9.17) is 15.2 Å². The Labute approximate surface area is 120 Å². The molecule has 3 rings (SSSR count). The Bertz CT molecular complexity index is 621. The lowest BCUT2D eigenvalue weighted by Crippen LogP contribution is -2.30. The van der Waals surface area contributed by atoms with E-state index in [9.17, 15) is 5.11 Å². The summed E-state index contributed by atoms with van der Waals surface area (Å²) in [4.78, 5) is 12.3. The van der Waals surface area contributed by atoms with E-state index in [2.05, 4.69) is 27.6 Å². The summed E-state index contributed by atoms with van der Waals surface area (Å²) in [5.41, 5.74) is 6.83. The molecule has 0 amide bonds. The van der Waals surface area contributed by atoms with Gasteiger partial charge >= 0.3 is 0 Å². The molecular formula is C11H15N5O3S. The van der Waals surface area contributed by atoms with Crippen LogP contribution in [0.15, 0.2) is 12.7 Å². The van der Waals surface area contributed by atoms with Crippen molar-refractivity contribution in [2.24, 2.45) is 0 Å². The first-order valence-electron chi connectivity index (χ1n) is 6.07. The maximum absolute atomic E-state index is 9.32. The van der Waals surface area contributed by atoms with Crippen molar-refractivity contribution >= 4 is 29.6 Å². The quantitative estimate of drug-likeness (QED) is 0.662. The minimum Gasteiger partial charge on any atom is -0.394 e. The summed E-state index contributed by atoms with van der Waals surface area (Å²) in [7, 11) is 1.58. The van der Waals surface area contributed by atoms with Crippen LogP contribution in [0.1, 0.15) is 6.23 Å². The molecular weight excluding hydrogens is 282 g/mol. The van der Waals surface area contributed by atoms with E-state index in [1.165, 1.54) is 6.33 Å². The largest absolute Gasteiger partial charge is 0.394 e. The van der Waals surface area contributed by atoms with Crippen molar-refractivity contribution in [2.45, 2.75) is 23.7 Å².